The number of nitrogens with zero attached hydrogens (tertiary/aromatic N) is 2. The quantitative estimate of drug-likeness (QED) is 0.730. The van der Waals surface area contributed by atoms with Crippen LogP contribution < -0.4 is 5.73 Å². The third kappa shape index (κ3) is 2.44. The molecule has 1 rings (SSSR count). The van der Waals surface area contributed by atoms with Crippen LogP contribution in [0.2, 0.25) is 0 Å². The van der Waals surface area contributed by atoms with Gasteiger partial charge in [0.1, 0.15) is 5.03 Å². The summed E-state index contributed by atoms with van der Waals surface area (Å²) in [4.78, 5) is 0. The average Bonchev–Trinajstić information content (AvgIpc) is 2.26. The molecule has 0 amide bonds. The van der Waals surface area contributed by atoms with Crippen LogP contribution in [0.3, 0.4) is 0 Å². The van der Waals surface area contributed by atoms with Gasteiger partial charge < -0.3 is 5.73 Å². The first-order chi connectivity index (χ1) is 5.59. The highest BCUT2D eigenvalue weighted by molar-refractivity contribution is 7.99. The first-order valence-electron chi connectivity index (χ1n) is 4.01. The summed E-state index contributed by atoms with van der Waals surface area (Å²) in [6.45, 7) is 4.37. The molecule has 0 aromatic carbocycles. The van der Waals surface area contributed by atoms with Crippen LogP contribution in [0.15, 0.2) is 11.2 Å². The molecule has 1 aromatic heterocycles. The Balaban J connectivity index is 2.57. The van der Waals surface area contributed by atoms with E-state index in [0.717, 1.165) is 16.5 Å². The molecule has 0 aliphatic carbocycles. The third-order valence-electron chi connectivity index (χ3n) is 1.37. The van der Waals surface area contributed by atoms with E-state index in [1.54, 1.807) is 16.4 Å². The van der Waals surface area contributed by atoms with Gasteiger partial charge in [-0.2, -0.15) is 5.10 Å². The van der Waals surface area contributed by atoms with Crippen LogP contribution in [-0.2, 0) is 7.05 Å². The smallest absolute Gasteiger partial charge is 0.141 e. The van der Waals surface area contributed by atoms with Crippen LogP contribution in [0, 0.1) is 5.92 Å². The Hall–Kier alpha value is -0.640. The number of hydrogen-bond acceptors (Lipinski definition) is 3. The van der Waals surface area contributed by atoms with Crippen LogP contribution in [0.1, 0.15) is 13.8 Å². The van der Waals surface area contributed by atoms with Gasteiger partial charge in [0.15, 0.2) is 0 Å². The second-order valence-electron chi connectivity index (χ2n) is 3.27. The lowest BCUT2D eigenvalue weighted by molar-refractivity contribution is 0.730. The molecule has 12 heavy (non-hydrogen) atoms. The largest absolute Gasteiger partial charge is 0.395 e. The number of nitrogen functional groups attached to an aromatic ring is 1. The van der Waals surface area contributed by atoms with Crippen molar-refractivity contribution >= 4 is 17.4 Å². The molecule has 2 N–H and O–H groups in total. The molecule has 0 saturated heterocycles. The van der Waals surface area contributed by atoms with Crippen molar-refractivity contribution in [3.8, 4) is 0 Å². The van der Waals surface area contributed by atoms with E-state index >= 15 is 0 Å². The zero-order chi connectivity index (χ0) is 9.14. The van der Waals surface area contributed by atoms with Gasteiger partial charge in [0.25, 0.3) is 0 Å². The summed E-state index contributed by atoms with van der Waals surface area (Å²) in [5.41, 5.74) is 6.50. The molecule has 0 spiro atoms. The fourth-order valence-corrected chi connectivity index (χ4v) is 1.74. The maximum absolute atomic E-state index is 5.72. The van der Waals surface area contributed by atoms with Crippen molar-refractivity contribution in [1.82, 2.24) is 9.78 Å². The van der Waals surface area contributed by atoms with Gasteiger partial charge in [-0.15, -0.1) is 11.8 Å². The number of aromatic nitrogens is 2. The molecule has 0 aliphatic rings. The van der Waals surface area contributed by atoms with E-state index in [4.69, 9.17) is 5.73 Å². The highest BCUT2D eigenvalue weighted by atomic mass is 32.2. The summed E-state index contributed by atoms with van der Waals surface area (Å²) >= 11 is 1.72. The summed E-state index contributed by atoms with van der Waals surface area (Å²) in [6, 6.07) is 0. The number of anilines is 1. The van der Waals surface area contributed by atoms with E-state index in [9.17, 15) is 0 Å². The molecular formula is C8H15N3S. The normalized spacial score (nSPS) is 11.0. The van der Waals surface area contributed by atoms with E-state index in [-0.39, 0.29) is 0 Å². The molecule has 1 heterocycles. The molecule has 0 bridgehead atoms. The van der Waals surface area contributed by atoms with E-state index in [1.807, 2.05) is 13.2 Å². The third-order valence-corrected chi connectivity index (χ3v) is 2.80. The van der Waals surface area contributed by atoms with Crippen LogP contribution in [0.4, 0.5) is 5.69 Å². The van der Waals surface area contributed by atoms with Gasteiger partial charge in [-0.25, -0.2) is 0 Å². The standard InChI is InChI=1S/C8H15N3S/c1-6(2)5-12-8-7(9)4-11(3)10-8/h4,6H,5,9H2,1-3H3. The van der Waals surface area contributed by atoms with E-state index in [1.165, 1.54) is 0 Å². The van der Waals surface area contributed by atoms with Crippen LogP contribution in [0.5, 0.6) is 0 Å². The summed E-state index contributed by atoms with van der Waals surface area (Å²) in [5, 5.41) is 5.19. The van der Waals surface area contributed by atoms with E-state index < -0.39 is 0 Å². The molecule has 0 radical (unpaired) electrons. The lowest BCUT2D eigenvalue weighted by Gasteiger charge is -2.01. The maximum Gasteiger partial charge on any atom is 0.141 e. The first-order valence-corrected chi connectivity index (χ1v) is 5.00. The number of thioether (sulfide) groups is 1. The summed E-state index contributed by atoms with van der Waals surface area (Å²) in [5.74, 6) is 1.75. The van der Waals surface area contributed by atoms with E-state index in [0.29, 0.717) is 5.92 Å². The molecule has 0 saturated carbocycles. The lowest BCUT2D eigenvalue weighted by atomic mass is 10.3. The van der Waals surface area contributed by atoms with Crippen molar-refractivity contribution in [2.75, 3.05) is 11.5 Å². The van der Waals surface area contributed by atoms with Crippen molar-refractivity contribution < 1.29 is 0 Å². The predicted octanol–water partition coefficient (Wildman–Crippen LogP) is 1.75. The summed E-state index contributed by atoms with van der Waals surface area (Å²) < 4.78 is 1.75. The van der Waals surface area contributed by atoms with Crippen molar-refractivity contribution in [2.45, 2.75) is 18.9 Å². The van der Waals surface area contributed by atoms with Gasteiger partial charge in [-0.3, -0.25) is 4.68 Å². The second-order valence-corrected chi connectivity index (χ2v) is 4.28. The second kappa shape index (κ2) is 3.85. The molecule has 1 aromatic rings. The fraction of sp³-hybridized carbons (Fsp3) is 0.625. The lowest BCUT2D eigenvalue weighted by Crippen LogP contribution is -1.93. The highest BCUT2D eigenvalue weighted by Crippen LogP contribution is 2.24. The SMILES string of the molecule is CC(C)CSc1nn(C)cc1N. The summed E-state index contributed by atoms with van der Waals surface area (Å²) in [6.07, 6.45) is 1.84. The molecule has 68 valence electrons. The molecule has 3 nitrogen and oxygen atoms in total. The minimum absolute atomic E-state index is 0.677. The minimum atomic E-state index is 0.677. The van der Waals surface area contributed by atoms with Gasteiger partial charge in [-0.1, -0.05) is 13.8 Å². The Morgan fingerprint density at radius 1 is 1.67 bits per heavy atom. The van der Waals surface area contributed by atoms with Crippen molar-refractivity contribution in [2.24, 2.45) is 13.0 Å². The van der Waals surface area contributed by atoms with Gasteiger partial charge in [0.2, 0.25) is 0 Å². The molecule has 4 heteroatoms. The number of rotatable bonds is 3. The highest BCUT2D eigenvalue weighted by Gasteiger charge is 2.05. The van der Waals surface area contributed by atoms with Crippen molar-refractivity contribution in [3.05, 3.63) is 6.20 Å². The number of aryl methyl sites for hydroxylation is 1. The Kier molecular flexibility index (Phi) is 3.03. The Labute approximate surface area is 77.3 Å². The first kappa shape index (κ1) is 9.45. The monoisotopic (exact) mass is 185 g/mol. The Morgan fingerprint density at radius 2 is 2.33 bits per heavy atom. The zero-order valence-corrected chi connectivity index (χ0v) is 8.56. The molecule has 0 fully saturated rings. The molecule has 0 atom stereocenters. The Morgan fingerprint density at radius 3 is 2.75 bits per heavy atom. The number of nitrogens with two attached hydrogens (primary N) is 1. The van der Waals surface area contributed by atoms with Gasteiger partial charge in [0, 0.05) is 19.0 Å². The molecule has 0 unspecified atom stereocenters. The summed E-state index contributed by atoms with van der Waals surface area (Å²) in [7, 11) is 1.88. The zero-order valence-electron chi connectivity index (χ0n) is 7.74. The predicted molar refractivity (Wildman–Crippen MR) is 53.2 cm³/mol. The molecular weight excluding hydrogens is 170 g/mol. The van der Waals surface area contributed by atoms with Crippen molar-refractivity contribution in [3.63, 3.8) is 0 Å². The fourth-order valence-electron chi connectivity index (χ4n) is 0.844. The molecule has 0 aliphatic heterocycles. The van der Waals surface area contributed by atoms with Crippen LogP contribution >= 0.6 is 11.8 Å². The van der Waals surface area contributed by atoms with E-state index in [2.05, 4.69) is 18.9 Å². The maximum atomic E-state index is 5.72. The van der Waals surface area contributed by atoms with Gasteiger partial charge in [0.05, 0.1) is 5.69 Å². The average molecular weight is 185 g/mol. The van der Waals surface area contributed by atoms with Crippen molar-refractivity contribution in [1.29, 1.82) is 0 Å². The minimum Gasteiger partial charge on any atom is -0.395 e. The Bertz CT molecular complexity index is 255. The topological polar surface area (TPSA) is 43.8 Å². The van der Waals surface area contributed by atoms with Crippen LogP contribution in [0.25, 0.3) is 0 Å². The van der Waals surface area contributed by atoms with Gasteiger partial charge in [-0.05, 0) is 5.92 Å². The number of hydrogen-bond donors (Lipinski definition) is 1. The van der Waals surface area contributed by atoms with Gasteiger partial charge >= 0.3 is 0 Å². The van der Waals surface area contributed by atoms with Crippen LogP contribution in [-0.4, -0.2) is 15.5 Å².